The molecule has 1 aromatic heterocycles. The first-order valence-corrected chi connectivity index (χ1v) is 6.97. The fourth-order valence-electron chi connectivity index (χ4n) is 3.04. The Hall–Kier alpha value is -2.14. The van der Waals surface area contributed by atoms with Crippen LogP contribution in [-0.2, 0) is 11.3 Å². The van der Waals surface area contributed by atoms with E-state index in [0.717, 1.165) is 6.54 Å². The van der Waals surface area contributed by atoms with E-state index in [-0.39, 0.29) is 17.6 Å². The molecule has 0 radical (unpaired) electrons. The van der Waals surface area contributed by atoms with Crippen molar-refractivity contribution < 1.29 is 9.53 Å². The fraction of sp³-hybridized carbons (Fsp3) is 0.375. The first-order valence-electron chi connectivity index (χ1n) is 6.97. The summed E-state index contributed by atoms with van der Waals surface area (Å²) in [6.45, 7) is 5.09. The van der Waals surface area contributed by atoms with E-state index in [9.17, 15) is 4.79 Å². The molecular weight excluding hydrogens is 266 g/mol. The molecule has 2 aromatic rings. The number of carbonyl (C=O) groups is 1. The van der Waals surface area contributed by atoms with Gasteiger partial charge in [-0.05, 0) is 25.0 Å². The zero-order chi connectivity index (χ0) is 15.0. The lowest BCUT2D eigenvalue weighted by Gasteiger charge is -2.42. The molecule has 1 aromatic carbocycles. The average molecular weight is 285 g/mol. The number of imidazole rings is 1. The Labute approximate surface area is 124 Å². The molecule has 110 valence electrons. The van der Waals surface area contributed by atoms with Crippen molar-refractivity contribution in [3.63, 3.8) is 0 Å². The SMILES string of the molecule is COC(=O)c1cncn1C1c2ccccc2CNC1(C)C. The predicted octanol–water partition coefficient (Wildman–Crippen LogP) is 2.14. The van der Waals surface area contributed by atoms with Gasteiger partial charge in [-0.3, -0.25) is 0 Å². The van der Waals surface area contributed by atoms with Gasteiger partial charge in [-0.1, -0.05) is 24.3 Å². The number of esters is 1. The highest BCUT2D eigenvalue weighted by molar-refractivity contribution is 5.87. The fourth-order valence-corrected chi connectivity index (χ4v) is 3.04. The first kappa shape index (κ1) is 13.8. The lowest BCUT2D eigenvalue weighted by molar-refractivity contribution is 0.0583. The Morgan fingerprint density at radius 3 is 2.95 bits per heavy atom. The summed E-state index contributed by atoms with van der Waals surface area (Å²) in [4.78, 5) is 16.1. The highest BCUT2D eigenvalue weighted by Gasteiger charge is 2.38. The van der Waals surface area contributed by atoms with Crippen LogP contribution in [-0.4, -0.2) is 28.2 Å². The molecule has 21 heavy (non-hydrogen) atoms. The summed E-state index contributed by atoms with van der Waals surface area (Å²) < 4.78 is 6.76. The van der Waals surface area contributed by atoms with Gasteiger partial charge in [-0.25, -0.2) is 9.78 Å². The van der Waals surface area contributed by atoms with Gasteiger partial charge < -0.3 is 14.6 Å². The standard InChI is InChI=1S/C16H19N3O2/c1-16(2)14(12-7-5-4-6-11(12)8-18-16)19-10-17-9-13(19)15(20)21-3/h4-7,9-10,14,18H,8H2,1-3H3. The van der Waals surface area contributed by atoms with Gasteiger partial charge in [0.1, 0.15) is 5.69 Å². The van der Waals surface area contributed by atoms with Crippen molar-refractivity contribution in [3.8, 4) is 0 Å². The minimum absolute atomic E-state index is 0.0148. The van der Waals surface area contributed by atoms with Gasteiger partial charge in [0.05, 0.1) is 25.7 Å². The molecule has 0 saturated heterocycles. The zero-order valence-electron chi connectivity index (χ0n) is 12.5. The van der Waals surface area contributed by atoms with Crippen LogP contribution in [0, 0.1) is 0 Å². The average Bonchev–Trinajstić information content (AvgIpc) is 2.94. The third-order valence-corrected chi connectivity index (χ3v) is 4.11. The summed E-state index contributed by atoms with van der Waals surface area (Å²) in [6.07, 6.45) is 3.25. The summed E-state index contributed by atoms with van der Waals surface area (Å²) in [5.41, 5.74) is 2.72. The Bertz CT molecular complexity index is 676. The number of hydrogen-bond acceptors (Lipinski definition) is 4. The van der Waals surface area contributed by atoms with Gasteiger partial charge in [0, 0.05) is 12.1 Å². The molecule has 0 aliphatic carbocycles. The summed E-state index contributed by atoms with van der Waals surface area (Å²) >= 11 is 0. The Morgan fingerprint density at radius 1 is 1.43 bits per heavy atom. The van der Waals surface area contributed by atoms with Gasteiger partial charge in [-0.15, -0.1) is 0 Å². The largest absolute Gasteiger partial charge is 0.464 e. The van der Waals surface area contributed by atoms with Gasteiger partial charge in [-0.2, -0.15) is 0 Å². The second-order valence-corrected chi connectivity index (χ2v) is 5.85. The molecule has 0 bridgehead atoms. The van der Waals surface area contributed by atoms with Crippen molar-refractivity contribution in [1.29, 1.82) is 0 Å². The molecule has 1 aliphatic rings. The van der Waals surface area contributed by atoms with Crippen molar-refractivity contribution in [2.45, 2.75) is 32.0 Å². The van der Waals surface area contributed by atoms with Gasteiger partial charge >= 0.3 is 5.97 Å². The summed E-state index contributed by atoms with van der Waals surface area (Å²) in [6, 6.07) is 8.27. The molecule has 1 atom stereocenters. The molecule has 0 saturated carbocycles. The van der Waals surface area contributed by atoms with Crippen LogP contribution in [0.3, 0.4) is 0 Å². The maximum atomic E-state index is 12.0. The predicted molar refractivity (Wildman–Crippen MR) is 79.1 cm³/mol. The topological polar surface area (TPSA) is 56.1 Å². The van der Waals surface area contributed by atoms with E-state index in [0.29, 0.717) is 5.69 Å². The molecule has 5 nitrogen and oxygen atoms in total. The number of methoxy groups -OCH3 is 1. The lowest BCUT2D eigenvalue weighted by Crippen LogP contribution is -2.50. The number of ether oxygens (including phenoxy) is 1. The number of aromatic nitrogens is 2. The highest BCUT2D eigenvalue weighted by Crippen LogP contribution is 2.36. The summed E-state index contributed by atoms with van der Waals surface area (Å²) in [5, 5.41) is 3.54. The van der Waals surface area contributed by atoms with Crippen LogP contribution in [0.25, 0.3) is 0 Å². The van der Waals surface area contributed by atoms with Crippen molar-refractivity contribution in [1.82, 2.24) is 14.9 Å². The van der Waals surface area contributed by atoms with Crippen molar-refractivity contribution >= 4 is 5.97 Å². The molecule has 0 amide bonds. The second kappa shape index (κ2) is 5.00. The van der Waals surface area contributed by atoms with Crippen LogP contribution >= 0.6 is 0 Å². The van der Waals surface area contributed by atoms with E-state index in [1.807, 2.05) is 16.7 Å². The minimum atomic E-state index is -0.369. The molecule has 2 heterocycles. The van der Waals surface area contributed by atoms with Gasteiger partial charge in [0.15, 0.2) is 0 Å². The first-order chi connectivity index (χ1) is 10.0. The van der Waals surface area contributed by atoms with Crippen LogP contribution in [0.5, 0.6) is 0 Å². The number of hydrogen-bond donors (Lipinski definition) is 1. The van der Waals surface area contributed by atoms with Crippen LogP contribution < -0.4 is 5.32 Å². The Kier molecular flexibility index (Phi) is 3.29. The van der Waals surface area contributed by atoms with Crippen LogP contribution in [0.15, 0.2) is 36.8 Å². The number of benzene rings is 1. The maximum absolute atomic E-state index is 12.0. The Balaban J connectivity index is 2.16. The second-order valence-electron chi connectivity index (χ2n) is 5.85. The number of rotatable bonds is 2. The highest BCUT2D eigenvalue weighted by atomic mass is 16.5. The zero-order valence-corrected chi connectivity index (χ0v) is 12.5. The molecule has 1 aliphatic heterocycles. The van der Waals surface area contributed by atoms with Gasteiger partial charge in [0.2, 0.25) is 0 Å². The third-order valence-electron chi connectivity index (χ3n) is 4.11. The van der Waals surface area contributed by atoms with Crippen LogP contribution in [0.2, 0.25) is 0 Å². The minimum Gasteiger partial charge on any atom is -0.464 e. The van der Waals surface area contributed by atoms with Gasteiger partial charge in [0.25, 0.3) is 0 Å². The van der Waals surface area contributed by atoms with E-state index in [4.69, 9.17) is 4.74 Å². The molecule has 0 fully saturated rings. The number of nitrogens with one attached hydrogen (secondary N) is 1. The monoisotopic (exact) mass is 285 g/mol. The van der Waals surface area contributed by atoms with E-state index in [1.54, 1.807) is 12.5 Å². The number of carbonyl (C=O) groups excluding carboxylic acids is 1. The van der Waals surface area contributed by atoms with Crippen LogP contribution in [0.1, 0.15) is 41.5 Å². The summed E-state index contributed by atoms with van der Waals surface area (Å²) in [5.74, 6) is -0.369. The number of nitrogens with zero attached hydrogens (tertiary/aromatic N) is 2. The molecule has 5 heteroatoms. The quantitative estimate of drug-likeness (QED) is 0.859. The van der Waals surface area contributed by atoms with E-state index in [1.165, 1.54) is 18.2 Å². The van der Waals surface area contributed by atoms with Crippen molar-refractivity contribution in [2.75, 3.05) is 7.11 Å². The van der Waals surface area contributed by atoms with E-state index in [2.05, 4.69) is 36.3 Å². The molecule has 3 rings (SSSR count). The third kappa shape index (κ3) is 2.23. The summed E-state index contributed by atoms with van der Waals surface area (Å²) in [7, 11) is 1.39. The normalized spacial score (nSPS) is 19.9. The molecule has 1 unspecified atom stereocenters. The number of fused-ring (bicyclic) bond motifs is 1. The molecule has 0 spiro atoms. The smallest absolute Gasteiger partial charge is 0.356 e. The molecular formula is C16H19N3O2. The van der Waals surface area contributed by atoms with Crippen LogP contribution in [0.4, 0.5) is 0 Å². The maximum Gasteiger partial charge on any atom is 0.356 e. The Morgan fingerprint density at radius 2 is 2.19 bits per heavy atom. The lowest BCUT2D eigenvalue weighted by atomic mass is 9.82. The van der Waals surface area contributed by atoms with E-state index < -0.39 is 0 Å². The molecule has 1 N–H and O–H groups in total. The van der Waals surface area contributed by atoms with E-state index >= 15 is 0 Å². The van der Waals surface area contributed by atoms with Crippen molar-refractivity contribution in [3.05, 3.63) is 53.6 Å². The van der Waals surface area contributed by atoms with Crippen molar-refractivity contribution in [2.24, 2.45) is 0 Å².